The first-order chi connectivity index (χ1) is 8.93. The molecule has 0 aliphatic heterocycles. The lowest BCUT2D eigenvalue weighted by Gasteiger charge is -2.23. The van der Waals surface area contributed by atoms with Crippen LogP contribution >= 0.6 is 0 Å². The first-order valence-corrected chi connectivity index (χ1v) is 6.62. The van der Waals surface area contributed by atoms with Crippen molar-refractivity contribution in [2.24, 2.45) is 5.41 Å². The number of aryl methyl sites for hydroxylation is 1. The number of ether oxygens (including phenoxy) is 1. The zero-order valence-corrected chi connectivity index (χ0v) is 12.0. The number of aliphatic hydroxyl groups excluding tert-OH is 2. The van der Waals surface area contributed by atoms with Gasteiger partial charge in [-0.2, -0.15) is 0 Å². The van der Waals surface area contributed by atoms with Gasteiger partial charge in [0, 0.05) is 25.1 Å². The molecule has 0 saturated heterocycles. The Morgan fingerprint density at radius 3 is 2.74 bits per heavy atom. The summed E-state index contributed by atoms with van der Waals surface area (Å²) in [5, 5.41) is 22.0. The van der Waals surface area contributed by atoms with Gasteiger partial charge in [0.1, 0.15) is 18.5 Å². The molecule has 4 nitrogen and oxygen atoms in total. The van der Waals surface area contributed by atoms with Crippen LogP contribution < -0.4 is 10.1 Å². The Morgan fingerprint density at radius 2 is 2.11 bits per heavy atom. The molecule has 4 heteroatoms. The molecule has 0 saturated carbocycles. The molecule has 0 aliphatic carbocycles. The second-order valence-corrected chi connectivity index (χ2v) is 5.73. The smallest absolute Gasteiger partial charge is 0.119 e. The van der Waals surface area contributed by atoms with E-state index in [1.807, 2.05) is 45.0 Å². The highest BCUT2D eigenvalue weighted by atomic mass is 16.5. The van der Waals surface area contributed by atoms with Gasteiger partial charge in [0.05, 0.1) is 0 Å². The van der Waals surface area contributed by atoms with Crippen LogP contribution in [0.15, 0.2) is 24.3 Å². The monoisotopic (exact) mass is 267 g/mol. The summed E-state index contributed by atoms with van der Waals surface area (Å²) in [7, 11) is 0. The van der Waals surface area contributed by atoms with E-state index in [0.29, 0.717) is 13.1 Å². The fourth-order valence-corrected chi connectivity index (χ4v) is 1.59. The third kappa shape index (κ3) is 6.57. The first-order valence-electron chi connectivity index (χ1n) is 6.62. The molecule has 0 spiro atoms. The zero-order valence-electron chi connectivity index (χ0n) is 12.0. The standard InChI is InChI=1S/C15H25NO3/c1-12-5-4-6-14(7-12)19-9-13(18)8-16-10-15(2,3)11-17/h4-7,13,16-18H,8-11H2,1-3H3. The van der Waals surface area contributed by atoms with Crippen LogP contribution in [0.5, 0.6) is 5.75 Å². The van der Waals surface area contributed by atoms with Crippen molar-refractivity contribution in [3.05, 3.63) is 29.8 Å². The summed E-state index contributed by atoms with van der Waals surface area (Å²) in [6.07, 6.45) is -0.560. The van der Waals surface area contributed by atoms with Crippen LogP contribution in [0.25, 0.3) is 0 Å². The quantitative estimate of drug-likeness (QED) is 0.665. The third-order valence-corrected chi connectivity index (χ3v) is 2.84. The van der Waals surface area contributed by atoms with Crippen LogP contribution in [0.3, 0.4) is 0 Å². The summed E-state index contributed by atoms with van der Waals surface area (Å²) in [5.74, 6) is 0.773. The molecule has 19 heavy (non-hydrogen) atoms. The first kappa shape index (κ1) is 16.0. The topological polar surface area (TPSA) is 61.7 Å². The van der Waals surface area contributed by atoms with Crippen LogP contribution in [0.1, 0.15) is 19.4 Å². The van der Waals surface area contributed by atoms with E-state index in [9.17, 15) is 5.11 Å². The predicted molar refractivity (Wildman–Crippen MR) is 76.4 cm³/mol. The highest BCUT2D eigenvalue weighted by Crippen LogP contribution is 2.13. The Morgan fingerprint density at radius 1 is 1.37 bits per heavy atom. The minimum Gasteiger partial charge on any atom is -0.491 e. The molecule has 1 unspecified atom stereocenters. The van der Waals surface area contributed by atoms with Crippen molar-refractivity contribution in [2.75, 3.05) is 26.3 Å². The van der Waals surface area contributed by atoms with Crippen molar-refractivity contribution in [3.63, 3.8) is 0 Å². The van der Waals surface area contributed by atoms with Gasteiger partial charge >= 0.3 is 0 Å². The lowest BCUT2D eigenvalue weighted by Crippen LogP contribution is -2.38. The number of hydrogen-bond donors (Lipinski definition) is 3. The van der Waals surface area contributed by atoms with E-state index in [-0.39, 0.29) is 18.6 Å². The highest BCUT2D eigenvalue weighted by molar-refractivity contribution is 5.27. The number of aliphatic hydroxyl groups is 2. The van der Waals surface area contributed by atoms with Crippen LogP contribution in [0, 0.1) is 12.3 Å². The molecule has 108 valence electrons. The summed E-state index contributed by atoms with van der Waals surface area (Å²) in [4.78, 5) is 0. The van der Waals surface area contributed by atoms with E-state index < -0.39 is 6.10 Å². The molecule has 0 aliphatic rings. The summed E-state index contributed by atoms with van der Waals surface area (Å²) in [6.45, 7) is 7.43. The second kappa shape index (κ2) is 7.48. The molecule has 0 amide bonds. The zero-order chi connectivity index (χ0) is 14.3. The number of benzene rings is 1. The molecule has 1 atom stereocenters. The van der Waals surface area contributed by atoms with E-state index in [1.54, 1.807) is 0 Å². The van der Waals surface area contributed by atoms with Crippen LogP contribution in [0.2, 0.25) is 0 Å². The molecule has 1 aromatic rings. The van der Waals surface area contributed by atoms with Crippen molar-refractivity contribution in [2.45, 2.75) is 26.9 Å². The number of nitrogens with one attached hydrogen (secondary N) is 1. The maximum atomic E-state index is 9.80. The van der Waals surface area contributed by atoms with Gasteiger partial charge in [-0.25, -0.2) is 0 Å². The van der Waals surface area contributed by atoms with Gasteiger partial charge in [-0.1, -0.05) is 26.0 Å². The van der Waals surface area contributed by atoms with E-state index in [0.717, 1.165) is 11.3 Å². The number of hydrogen-bond acceptors (Lipinski definition) is 4. The molecular weight excluding hydrogens is 242 g/mol. The minimum atomic E-state index is -0.560. The number of rotatable bonds is 8. The Labute approximate surface area is 115 Å². The molecular formula is C15H25NO3. The SMILES string of the molecule is Cc1cccc(OCC(O)CNCC(C)(C)CO)c1. The van der Waals surface area contributed by atoms with Crippen LogP contribution in [0.4, 0.5) is 0 Å². The lowest BCUT2D eigenvalue weighted by atomic mass is 9.95. The van der Waals surface area contributed by atoms with Gasteiger partial charge in [-0.3, -0.25) is 0 Å². The average molecular weight is 267 g/mol. The van der Waals surface area contributed by atoms with Crippen molar-refractivity contribution in [1.82, 2.24) is 5.32 Å². The van der Waals surface area contributed by atoms with Crippen molar-refractivity contribution < 1.29 is 14.9 Å². The minimum absolute atomic E-state index is 0.121. The van der Waals surface area contributed by atoms with Gasteiger partial charge in [-0.05, 0) is 24.6 Å². The van der Waals surface area contributed by atoms with Gasteiger partial charge in [0.25, 0.3) is 0 Å². The van der Waals surface area contributed by atoms with E-state index >= 15 is 0 Å². The van der Waals surface area contributed by atoms with Crippen molar-refractivity contribution in [3.8, 4) is 5.75 Å². The summed E-state index contributed by atoms with van der Waals surface area (Å²) >= 11 is 0. The largest absolute Gasteiger partial charge is 0.491 e. The fraction of sp³-hybridized carbons (Fsp3) is 0.600. The normalized spacial score (nSPS) is 13.3. The molecule has 1 rings (SSSR count). The average Bonchev–Trinajstić information content (AvgIpc) is 2.36. The maximum Gasteiger partial charge on any atom is 0.119 e. The van der Waals surface area contributed by atoms with Gasteiger partial charge in [-0.15, -0.1) is 0 Å². The maximum absolute atomic E-state index is 9.80. The molecule has 0 bridgehead atoms. The van der Waals surface area contributed by atoms with Crippen LogP contribution in [-0.2, 0) is 0 Å². The van der Waals surface area contributed by atoms with Gasteiger partial charge in [0.15, 0.2) is 0 Å². The molecule has 3 N–H and O–H groups in total. The molecule has 1 aromatic carbocycles. The predicted octanol–water partition coefficient (Wildman–Crippen LogP) is 1.34. The third-order valence-electron chi connectivity index (χ3n) is 2.84. The molecule has 0 heterocycles. The van der Waals surface area contributed by atoms with E-state index in [1.165, 1.54) is 0 Å². The Hall–Kier alpha value is -1.10. The van der Waals surface area contributed by atoms with E-state index in [4.69, 9.17) is 9.84 Å². The van der Waals surface area contributed by atoms with Gasteiger partial charge in [0.2, 0.25) is 0 Å². The second-order valence-electron chi connectivity index (χ2n) is 5.73. The van der Waals surface area contributed by atoms with E-state index in [2.05, 4.69) is 5.32 Å². The Kier molecular flexibility index (Phi) is 6.28. The Balaban J connectivity index is 2.23. The van der Waals surface area contributed by atoms with Crippen molar-refractivity contribution in [1.29, 1.82) is 0 Å². The lowest BCUT2D eigenvalue weighted by molar-refractivity contribution is 0.0980. The summed E-state index contributed by atoms with van der Waals surface area (Å²) < 4.78 is 5.52. The van der Waals surface area contributed by atoms with Crippen LogP contribution in [-0.4, -0.2) is 42.6 Å². The Bertz CT molecular complexity index is 379. The summed E-state index contributed by atoms with van der Waals surface area (Å²) in [5.41, 5.74) is 0.965. The molecule has 0 aromatic heterocycles. The molecule has 0 fully saturated rings. The van der Waals surface area contributed by atoms with Crippen molar-refractivity contribution >= 4 is 0 Å². The molecule has 0 radical (unpaired) electrons. The fourth-order valence-electron chi connectivity index (χ4n) is 1.59. The highest BCUT2D eigenvalue weighted by Gasteiger charge is 2.16. The summed E-state index contributed by atoms with van der Waals surface area (Å²) in [6, 6.07) is 7.75. The van der Waals surface area contributed by atoms with Gasteiger partial charge < -0.3 is 20.3 Å².